The van der Waals surface area contributed by atoms with Gasteiger partial charge >= 0.3 is 0 Å². The highest BCUT2D eigenvalue weighted by Gasteiger charge is 2.43. The van der Waals surface area contributed by atoms with Crippen molar-refractivity contribution in [3.63, 3.8) is 0 Å². The first kappa shape index (κ1) is 15.5. The van der Waals surface area contributed by atoms with Crippen molar-refractivity contribution < 1.29 is 4.39 Å². The Balaban J connectivity index is 2.38. The molecule has 20 heavy (non-hydrogen) atoms. The summed E-state index contributed by atoms with van der Waals surface area (Å²) in [6.07, 6.45) is 4.65. The van der Waals surface area contributed by atoms with Crippen LogP contribution in [0.15, 0.2) is 24.3 Å². The van der Waals surface area contributed by atoms with Crippen molar-refractivity contribution in [2.75, 3.05) is 21.1 Å². The van der Waals surface area contributed by atoms with Crippen LogP contribution in [0.25, 0.3) is 0 Å². The van der Waals surface area contributed by atoms with Crippen molar-refractivity contribution in [2.45, 2.75) is 44.2 Å². The lowest BCUT2D eigenvalue weighted by Gasteiger charge is -2.49. The topological polar surface area (TPSA) is 15.3 Å². The Labute approximate surface area is 122 Å². The average molecular weight is 278 g/mol. The molecule has 0 heterocycles. The highest BCUT2D eigenvalue weighted by atomic mass is 19.1. The third-order valence-electron chi connectivity index (χ3n) is 5.07. The van der Waals surface area contributed by atoms with Crippen molar-refractivity contribution in [3.05, 3.63) is 35.6 Å². The summed E-state index contributed by atoms with van der Waals surface area (Å²) < 4.78 is 14.2. The number of rotatable bonds is 4. The molecular formula is C17H27FN2. The highest BCUT2D eigenvalue weighted by molar-refractivity contribution is 5.25. The lowest BCUT2D eigenvalue weighted by molar-refractivity contribution is 0.0443. The van der Waals surface area contributed by atoms with Crippen LogP contribution in [0.3, 0.4) is 0 Å². The van der Waals surface area contributed by atoms with E-state index in [0.717, 1.165) is 24.3 Å². The van der Waals surface area contributed by atoms with Crippen LogP contribution in [0.2, 0.25) is 0 Å². The SMILES string of the molecule is CNC(c1ccccc1F)C1(N(C)C)CCC(C)CC1. The summed E-state index contributed by atoms with van der Waals surface area (Å²) in [4.78, 5) is 2.30. The molecule has 3 heteroatoms. The van der Waals surface area contributed by atoms with Gasteiger partial charge in [-0.3, -0.25) is 0 Å². The largest absolute Gasteiger partial charge is 0.311 e. The van der Waals surface area contributed by atoms with Crippen LogP contribution in [0.4, 0.5) is 4.39 Å². The van der Waals surface area contributed by atoms with E-state index < -0.39 is 0 Å². The Morgan fingerprint density at radius 3 is 2.35 bits per heavy atom. The van der Waals surface area contributed by atoms with Crippen LogP contribution in [0.1, 0.15) is 44.2 Å². The van der Waals surface area contributed by atoms with Gasteiger partial charge in [0.25, 0.3) is 0 Å². The van der Waals surface area contributed by atoms with Crippen LogP contribution in [0, 0.1) is 11.7 Å². The van der Waals surface area contributed by atoms with Gasteiger partial charge in [0.2, 0.25) is 0 Å². The molecule has 1 saturated carbocycles. The molecule has 1 aliphatic carbocycles. The third kappa shape index (κ3) is 2.75. The second-order valence-electron chi connectivity index (χ2n) is 6.42. The predicted octanol–water partition coefficient (Wildman–Crippen LogP) is 3.60. The van der Waals surface area contributed by atoms with Crippen LogP contribution in [0.5, 0.6) is 0 Å². The van der Waals surface area contributed by atoms with E-state index in [1.54, 1.807) is 12.1 Å². The van der Waals surface area contributed by atoms with Gasteiger partial charge in [-0.2, -0.15) is 0 Å². The number of hydrogen-bond donors (Lipinski definition) is 1. The molecule has 1 aliphatic rings. The fraction of sp³-hybridized carbons (Fsp3) is 0.647. The summed E-state index contributed by atoms with van der Waals surface area (Å²) in [5.41, 5.74) is 0.793. The Morgan fingerprint density at radius 1 is 1.25 bits per heavy atom. The molecular weight excluding hydrogens is 251 g/mol. The van der Waals surface area contributed by atoms with Crippen molar-refractivity contribution in [2.24, 2.45) is 5.92 Å². The van der Waals surface area contributed by atoms with E-state index in [9.17, 15) is 4.39 Å². The van der Waals surface area contributed by atoms with E-state index >= 15 is 0 Å². The van der Waals surface area contributed by atoms with Gasteiger partial charge in [-0.25, -0.2) is 4.39 Å². The van der Waals surface area contributed by atoms with Gasteiger partial charge in [0.05, 0.1) is 6.04 Å². The van der Waals surface area contributed by atoms with Gasteiger partial charge in [0, 0.05) is 11.1 Å². The highest BCUT2D eigenvalue weighted by Crippen LogP contribution is 2.43. The molecule has 1 aromatic carbocycles. The normalized spacial score (nSPS) is 28.6. The minimum atomic E-state index is -0.105. The summed E-state index contributed by atoms with van der Waals surface area (Å²) in [5, 5.41) is 3.38. The van der Waals surface area contributed by atoms with Crippen molar-refractivity contribution in [1.82, 2.24) is 10.2 Å². The van der Waals surface area contributed by atoms with Gasteiger partial charge in [0.15, 0.2) is 0 Å². The molecule has 1 N–H and O–H groups in total. The maximum absolute atomic E-state index is 14.2. The summed E-state index contributed by atoms with van der Waals surface area (Å²) in [6.45, 7) is 2.32. The number of nitrogens with zero attached hydrogens (tertiary/aromatic N) is 1. The summed E-state index contributed by atoms with van der Waals surface area (Å²) >= 11 is 0. The number of hydrogen-bond acceptors (Lipinski definition) is 2. The monoisotopic (exact) mass is 278 g/mol. The third-order valence-corrected chi connectivity index (χ3v) is 5.07. The fourth-order valence-corrected chi connectivity index (χ4v) is 3.68. The molecule has 0 radical (unpaired) electrons. The summed E-state index contributed by atoms with van der Waals surface area (Å²) in [6, 6.07) is 7.20. The average Bonchev–Trinajstić information content (AvgIpc) is 2.43. The van der Waals surface area contributed by atoms with Gasteiger partial charge in [-0.15, -0.1) is 0 Å². The van der Waals surface area contributed by atoms with Crippen molar-refractivity contribution in [1.29, 1.82) is 0 Å². The van der Waals surface area contributed by atoms with E-state index in [1.165, 1.54) is 12.8 Å². The Hall–Kier alpha value is -0.930. The molecule has 1 unspecified atom stereocenters. The Bertz CT molecular complexity index is 436. The second-order valence-corrected chi connectivity index (χ2v) is 6.42. The first-order valence-corrected chi connectivity index (χ1v) is 7.60. The van der Waals surface area contributed by atoms with E-state index in [0.29, 0.717) is 0 Å². The molecule has 0 bridgehead atoms. The van der Waals surface area contributed by atoms with Crippen molar-refractivity contribution in [3.8, 4) is 0 Å². The number of nitrogens with one attached hydrogen (secondary N) is 1. The Kier molecular flexibility index (Phi) is 4.82. The molecule has 0 aliphatic heterocycles. The fourth-order valence-electron chi connectivity index (χ4n) is 3.68. The maximum atomic E-state index is 14.2. The van der Waals surface area contributed by atoms with Crippen LogP contribution >= 0.6 is 0 Å². The molecule has 112 valence electrons. The first-order valence-electron chi connectivity index (χ1n) is 7.60. The second kappa shape index (κ2) is 6.23. The molecule has 1 fully saturated rings. The molecule has 0 aromatic heterocycles. The molecule has 1 aromatic rings. The van der Waals surface area contributed by atoms with E-state index in [2.05, 4.69) is 31.2 Å². The quantitative estimate of drug-likeness (QED) is 0.905. The van der Waals surface area contributed by atoms with Gasteiger partial charge in [-0.05, 0) is 58.8 Å². The molecule has 2 rings (SSSR count). The zero-order valence-electron chi connectivity index (χ0n) is 13.1. The lowest BCUT2D eigenvalue weighted by atomic mass is 9.70. The molecule has 0 saturated heterocycles. The van der Waals surface area contributed by atoms with Crippen LogP contribution < -0.4 is 5.32 Å². The Morgan fingerprint density at radius 2 is 1.85 bits per heavy atom. The van der Waals surface area contributed by atoms with E-state index in [1.807, 2.05) is 19.2 Å². The molecule has 0 amide bonds. The summed E-state index contributed by atoms with van der Waals surface area (Å²) in [5.74, 6) is 0.674. The first-order chi connectivity index (χ1) is 9.51. The van der Waals surface area contributed by atoms with E-state index in [4.69, 9.17) is 0 Å². The minimum absolute atomic E-state index is 0.00343. The summed E-state index contributed by atoms with van der Waals surface area (Å²) in [7, 11) is 6.20. The van der Waals surface area contributed by atoms with Gasteiger partial charge in [0.1, 0.15) is 5.82 Å². The standard InChI is InChI=1S/C17H27FN2/c1-13-9-11-17(12-10-13,20(3)4)16(19-2)14-7-5-6-8-15(14)18/h5-8,13,16,19H,9-12H2,1-4H3. The molecule has 2 nitrogen and oxygen atoms in total. The molecule has 0 spiro atoms. The number of halogens is 1. The minimum Gasteiger partial charge on any atom is -0.311 e. The predicted molar refractivity (Wildman–Crippen MR) is 82.3 cm³/mol. The smallest absolute Gasteiger partial charge is 0.128 e. The lowest BCUT2D eigenvalue weighted by Crippen LogP contribution is -2.55. The number of benzene rings is 1. The van der Waals surface area contributed by atoms with Crippen LogP contribution in [-0.2, 0) is 0 Å². The van der Waals surface area contributed by atoms with Crippen molar-refractivity contribution >= 4 is 0 Å². The number of likely N-dealkylation sites (N-methyl/N-ethyl adjacent to an activating group) is 2. The van der Waals surface area contributed by atoms with E-state index in [-0.39, 0.29) is 17.4 Å². The van der Waals surface area contributed by atoms with Gasteiger partial charge < -0.3 is 10.2 Å². The molecule has 1 atom stereocenters. The zero-order chi connectivity index (χ0) is 14.8. The zero-order valence-corrected chi connectivity index (χ0v) is 13.1. The van der Waals surface area contributed by atoms with Gasteiger partial charge in [-0.1, -0.05) is 25.1 Å². The van der Waals surface area contributed by atoms with Crippen LogP contribution in [-0.4, -0.2) is 31.6 Å². The maximum Gasteiger partial charge on any atom is 0.128 e.